The van der Waals surface area contributed by atoms with Crippen LogP contribution < -0.4 is 5.32 Å². The minimum Gasteiger partial charge on any atom is -0.465 e. The highest BCUT2D eigenvalue weighted by Gasteiger charge is 2.55. The molecular formula is C24H31N5O8S2. The summed E-state index contributed by atoms with van der Waals surface area (Å²) in [4.78, 5) is 54.0. The molecule has 39 heavy (non-hydrogen) atoms. The largest absolute Gasteiger partial charge is 0.465 e. The monoisotopic (exact) mass is 581 g/mol. The van der Waals surface area contributed by atoms with Crippen LogP contribution in [-0.2, 0) is 29.1 Å². The first-order valence-corrected chi connectivity index (χ1v) is 14.8. The van der Waals surface area contributed by atoms with E-state index in [1.165, 1.54) is 21.2 Å². The lowest BCUT2D eigenvalue weighted by Gasteiger charge is -2.36. The number of hydrogen-bond donors (Lipinski definition) is 1. The van der Waals surface area contributed by atoms with Crippen molar-refractivity contribution in [2.24, 2.45) is 0 Å². The number of hydrogen-bond acceptors (Lipinski definition) is 10. The number of sulfonamides is 1. The third-order valence-electron chi connectivity index (χ3n) is 6.88. The Kier molecular flexibility index (Phi) is 7.93. The van der Waals surface area contributed by atoms with Crippen LogP contribution in [0.4, 0.5) is 4.79 Å². The number of nitriles is 1. The maximum atomic E-state index is 13.4. The zero-order valence-electron chi connectivity index (χ0n) is 22.1. The van der Waals surface area contributed by atoms with Crippen molar-refractivity contribution in [2.75, 3.05) is 26.7 Å². The van der Waals surface area contributed by atoms with Gasteiger partial charge in [0.1, 0.15) is 33.5 Å². The number of ether oxygens (including phenoxy) is 2. The van der Waals surface area contributed by atoms with Gasteiger partial charge in [-0.15, -0.1) is 11.3 Å². The molecule has 2 bridgehead atoms. The zero-order chi connectivity index (χ0) is 28.7. The van der Waals surface area contributed by atoms with Crippen LogP contribution in [0.25, 0.3) is 0 Å². The fourth-order valence-corrected chi connectivity index (χ4v) is 8.12. The summed E-state index contributed by atoms with van der Waals surface area (Å²) >= 11 is 0.931. The van der Waals surface area contributed by atoms with Crippen molar-refractivity contribution in [1.82, 2.24) is 19.4 Å². The molecule has 4 atom stereocenters. The highest BCUT2D eigenvalue weighted by atomic mass is 32.2. The first-order chi connectivity index (χ1) is 18.3. The number of fused-ring (bicyclic) bond motifs is 2. The number of likely N-dealkylation sites (tertiary alicyclic amines) is 2. The molecule has 15 heteroatoms. The predicted octanol–water partition coefficient (Wildman–Crippen LogP) is 0.916. The molecule has 0 aliphatic carbocycles. The van der Waals surface area contributed by atoms with Gasteiger partial charge < -0.3 is 24.6 Å². The molecule has 1 N–H and O–H groups in total. The molecule has 3 aliphatic rings. The van der Waals surface area contributed by atoms with E-state index in [0.717, 1.165) is 22.8 Å². The van der Waals surface area contributed by atoms with Crippen molar-refractivity contribution in [1.29, 1.82) is 5.26 Å². The number of thiophene rings is 1. The summed E-state index contributed by atoms with van der Waals surface area (Å²) in [5, 5.41) is 13.5. The van der Waals surface area contributed by atoms with Crippen LogP contribution in [0.2, 0.25) is 0 Å². The third-order valence-corrected chi connectivity index (χ3v) is 9.82. The molecule has 3 amide bonds. The topological polar surface area (TPSA) is 166 Å². The van der Waals surface area contributed by atoms with Gasteiger partial charge in [0.15, 0.2) is 0 Å². The number of rotatable bonds is 7. The SMILES string of the molecule is COC(=O)c1sccc1S(=O)(=O)N1C[C@@H]2C[C@H]1C(=O)N2C[C@H](NC(=O)OC(C)(C)C)C(=O)N1CCC[C@H]1C#N. The van der Waals surface area contributed by atoms with E-state index in [9.17, 15) is 32.9 Å². The van der Waals surface area contributed by atoms with Crippen molar-refractivity contribution in [3.8, 4) is 6.07 Å². The quantitative estimate of drug-likeness (QED) is 0.461. The smallest absolute Gasteiger partial charge is 0.408 e. The van der Waals surface area contributed by atoms with Gasteiger partial charge in [0.05, 0.1) is 19.7 Å². The van der Waals surface area contributed by atoms with Crippen molar-refractivity contribution in [3.05, 3.63) is 16.3 Å². The first-order valence-electron chi connectivity index (χ1n) is 12.5. The minimum atomic E-state index is -4.18. The number of nitrogens with zero attached hydrogens (tertiary/aromatic N) is 4. The van der Waals surface area contributed by atoms with Gasteiger partial charge in [0.2, 0.25) is 21.8 Å². The Morgan fingerprint density at radius 3 is 2.64 bits per heavy atom. The number of amides is 3. The maximum absolute atomic E-state index is 13.4. The molecule has 1 aromatic heterocycles. The first kappa shape index (κ1) is 28.8. The fourth-order valence-electron chi connectivity index (χ4n) is 5.18. The van der Waals surface area contributed by atoms with Gasteiger partial charge in [-0.1, -0.05) is 0 Å². The molecule has 212 valence electrons. The van der Waals surface area contributed by atoms with Gasteiger partial charge in [0, 0.05) is 19.1 Å². The average Bonchev–Trinajstić information content (AvgIpc) is 3.66. The minimum absolute atomic E-state index is 0.0346. The Hall–Kier alpha value is -3.22. The zero-order valence-corrected chi connectivity index (χ0v) is 23.7. The summed E-state index contributed by atoms with van der Waals surface area (Å²) in [6, 6.07) is 0.0224. The molecule has 0 unspecified atom stereocenters. The number of alkyl carbamates (subject to hydrolysis) is 1. The van der Waals surface area contributed by atoms with E-state index >= 15 is 0 Å². The van der Waals surface area contributed by atoms with E-state index < -0.39 is 63.7 Å². The molecule has 0 aromatic carbocycles. The van der Waals surface area contributed by atoms with Gasteiger partial charge in [-0.2, -0.15) is 9.57 Å². The number of esters is 1. The summed E-state index contributed by atoms with van der Waals surface area (Å²) in [5.74, 6) is -1.80. The van der Waals surface area contributed by atoms with Crippen molar-refractivity contribution < 1.29 is 37.1 Å². The predicted molar refractivity (Wildman–Crippen MR) is 137 cm³/mol. The lowest BCUT2D eigenvalue weighted by atomic mass is 10.1. The molecule has 0 saturated carbocycles. The third kappa shape index (κ3) is 5.59. The van der Waals surface area contributed by atoms with Crippen LogP contribution in [0.15, 0.2) is 16.3 Å². The molecule has 13 nitrogen and oxygen atoms in total. The Bertz CT molecular complexity index is 1310. The maximum Gasteiger partial charge on any atom is 0.408 e. The summed E-state index contributed by atoms with van der Waals surface area (Å²) in [7, 11) is -3.03. The van der Waals surface area contributed by atoms with E-state index in [2.05, 4.69) is 11.4 Å². The Labute approximate surface area is 230 Å². The van der Waals surface area contributed by atoms with Gasteiger partial charge in [-0.25, -0.2) is 18.0 Å². The number of nitrogens with one attached hydrogen (secondary N) is 1. The van der Waals surface area contributed by atoms with E-state index in [-0.39, 0.29) is 29.3 Å². The van der Waals surface area contributed by atoms with Gasteiger partial charge in [-0.05, 0) is 51.5 Å². The van der Waals surface area contributed by atoms with Gasteiger partial charge >= 0.3 is 12.1 Å². The highest BCUT2D eigenvalue weighted by Crippen LogP contribution is 2.38. The van der Waals surface area contributed by atoms with Crippen LogP contribution >= 0.6 is 11.3 Å². The van der Waals surface area contributed by atoms with E-state index in [1.807, 2.05) is 0 Å². The lowest BCUT2D eigenvalue weighted by molar-refractivity contribution is -0.138. The average molecular weight is 582 g/mol. The van der Waals surface area contributed by atoms with Gasteiger partial charge in [0.25, 0.3) is 0 Å². The molecule has 3 fully saturated rings. The number of carbonyl (C=O) groups is 4. The number of carbonyl (C=O) groups excluding carboxylic acids is 4. The lowest BCUT2D eigenvalue weighted by Crippen LogP contribution is -2.59. The molecule has 4 heterocycles. The van der Waals surface area contributed by atoms with Crippen molar-refractivity contribution in [2.45, 2.75) is 74.7 Å². The molecule has 0 spiro atoms. The van der Waals surface area contributed by atoms with Crippen LogP contribution in [0.5, 0.6) is 0 Å². The van der Waals surface area contributed by atoms with E-state index in [0.29, 0.717) is 19.4 Å². The Morgan fingerprint density at radius 2 is 2.03 bits per heavy atom. The number of piperazine rings is 1. The standard InChI is InChI=1S/C24H31N5O8S2/c1-24(2,3)37-23(33)26-16(20(30)27-8-5-6-14(27)11-25)13-28-15-10-17(21(28)31)29(12-15)39(34,35)18-7-9-38-19(18)22(32)36-4/h7,9,14-17H,5-6,8,10,12-13H2,1-4H3,(H,26,33)/t14-,15-,16-,17-/m0/s1. The fraction of sp³-hybridized carbons (Fsp3) is 0.625. The molecule has 3 aliphatic heterocycles. The van der Waals surface area contributed by atoms with E-state index in [4.69, 9.17) is 9.47 Å². The summed E-state index contributed by atoms with van der Waals surface area (Å²) in [6.45, 7) is 5.13. The second-order valence-electron chi connectivity index (χ2n) is 10.6. The summed E-state index contributed by atoms with van der Waals surface area (Å²) in [6.07, 6.45) is 0.507. The van der Waals surface area contributed by atoms with Crippen LogP contribution in [0.3, 0.4) is 0 Å². The molecular weight excluding hydrogens is 550 g/mol. The Balaban J connectivity index is 1.54. The molecule has 1 aromatic rings. The van der Waals surface area contributed by atoms with Crippen LogP contribution in [0, 0.1) is 11.3 Å². The second kappa shape index (κ2) is 10.7. The van der Waals surface area contributed by atoms with Gasteiger partial charge in [-0.3, -0.25) is 9.59 Å². The molecule has 3 saturated heterocycles. The molecule has 4 rings (SSSR count). The highest BCUT2D eigenvalue weighted by molar-refractivity contribution is 7.89. The Morgan fingerprint density at radius 1 is 1.31 bits per heavy atom. The number of methoxy groups -OCH3 is 1. The van der Waals surface area contributed by atoms with E-state index in [1.54, 1.807) is 20.8 Å². The van der Waals surface area contributed by atoms with Crippen LogP contribution in [-0.4, -0.2) is 103 Å². The normalized spacial score (nSPS) is 24.0. The van der Waals surface area contributed by atoms with Crippen molar-refractivity contribution >= 4 is 45.2 Å². The summed E-state index contributed by atoms with van der Waals surface area (Å²) < 4.78 is 37.9. The second-order valence-corrected chi connectivity index (χ2v) is 13.4. The molecule has 0 radical (unpaired) electrons. The van der Waals surface area contributed by atoms with Crippen LogP contribution in [0.1, 0.15) is 49.7 Å². The van der Waals surface area contributed by atoms with Crippen molar-refractivity contribution in [3.63, 3.8) is 0 Å². The summed E-state index contributed by atoms with van der Waals surface area (Å²) in [5.41, 5.74) is -0.831.